The number of carbonyl (C=O) groups excluding carboxylic acids is 1. The first-order valence-electron chi connectivity index (χ1n) is 8.42. The molecule has 0 saturated carbocycles. The van der Waals surface area contributed by atoms with Gasteiger partial charge in [0.05, 0.1) is 6.10 Å². The number of aliphatic hydroxyl groups is 1. The van der Waals surface area contributed by atoms with Crippen molar-refractivity contribution in [1.29, 1.82) is 0 Å². The summed E-state index contributed by atoms with van der Waals surface area (Å²) in [6, 6.07) is 12.1. The number of carbonyl (C=O) groups is 1. The van der Waals surface area contributed by atoms with Gasteiger partial charge in [-0.2, -0.15) is 0 Å². The maximum atomic E-state index is 12.6. The zero-order valence-corrected chi connectivity index (χ0v) is 15.4. The number of benzene rings is 1. The Morgan fingerprint density at radius 2 is 1.92 bits per heavy atom. The molecule has 0 aliphatic carbocycles. The Morgan fingerprint density at radius 3 is 2.64 bits per heavy atom. The van der Waals surface area contributed by atoms with E-state index >= 15 is 0 Å². The molecule has 2 aliphatic rings. The van der Waals surface area contributed by atoms with Gasteiger partial charge in [0.15, 0.2) is 0 Å². The van der Waals surface area contributed by atoms with Crippen molar-refractivity contribution >= 4 is 38.4 Å². The van der Waals surface area contributed by atoms with Gasteiger partial charge in [0, 0.05) is 33.3 Å². The maximum Gasteiger partial charge on any atom is 0.253 e. The fourth-order valence-corrected chi connectivity index (χ4v) is 4.99. The summed E-state index contributed by atoms with van der Waals surface area (Å²) in [5, 5.41) is 11.8. The number of likely N-dealkylation sites (tertiary alicyclic amines) is 1. The van der Waals surface area contributed by atoms with Gasteiger partial charge in [-0.05, 0) is 54.1 Å². The number of rotatable bonds is 3. The Balaban J connectivity index is 1.51. The molecule has 5 heteroatoms. The molecule has 128 valence electrons. The summed E-state index contributed by atoms with van der Waals surface area (Å²) in [4.78, 5) is 18.1. The van der Waals surface area contributed by atoms with Crippen LogP contribution in [0.25, 0.3) is 10.4 Å². The summed E-state index contributed by atoms with van der Waals surface area (Å²) >= 11 is 1.77. The first kappa shape index (κ1) is 16.5. The van der Waals surface area contributed by atoms with Crippen molar-refractivity contribution in [2.75, 3.05) is 13.1 Å². The van der Waals surface area contributed by atoms with Gasteiger partial charge in [0.1, 0.15) is 0 Å². The monoisotopic (exact) mass is 369 g/mol. The second-order valence-corrected chi connectivity index (χ2v) is 8.30. The minimum absolute atomic E-state index is 0.00996. The molecule has 0 bridgehead atoms. The molecule has 3 nitrogen and oxygen atoms in total. The number of thiophene rings is 1. The van der Waals surface area contributed by atoms with Crippen molar-refractivity contribution in [2.24, 2.45) is 0 Å². The van der Waals surface area contributed by atoms with Crippen LogP contribution in [0.1, 0.15) is 28.1 Å². The zero-order chi connectivity index (χ0) is 17.2. The molecule has 1 amide bonds. The maximum absolute atomic E-state index is 12.6. The second-order valence-electron chi connectivity index (χ2n) is 6.27. The molecule has 1 aromatic carbocycles. The van der Waals surface area contributed by atoms with Crippen LogP contribution in [0.5, 0.6) is 0 Å². The van der Waals surface area contributed by atoms with Crippen LogP contribution in [0.3, 0.4) is 0 Å². The Labute approximate surface area is 154 Å². The molecule has 0 spiro atoms. The quantitative estimate of drug-likeness (QED) is 0.839. The van der Waals surface area contributed by atoms with Crippen molar-refractivity contribution in [3.8, 4) is 10.4 Å². The first-order valence-corrected chi connectivity index (χ1v) is 10.1. The minimum Gasteiger partial charge on any atom is -0.391 e. The van der Waals surface area contributed by atoms with Crippen molar-refractivity contribution in [3.05, 3.63) is 59.0 Å². The summed E-state index contributed by atoms with van der Waals surface area (Å²) in [6.07, 6.45) is 5.46. The largest absolute Gasteiger partial charge is 0.391 e. The van der Waals surface area contributed by atoms with Gasteiger partial charge in [-0.1, -0.05) is 18.2 Å². The zero-order valence-electron chi connectivity index (χ0n) is 13.7. The lowest BCUT2D eigenvalue weighted by atomic mass is 10.1. The van der Waals surface area contributed by atoms with Gasteiger partial charge in [0.2, 0.25) is 0 Å². The van der Waals surface area contributed by atoms with Crippen LogP contribution in [0.2, 0.25) is 0 Å². The van der Waals surface area contributed by atoms with Gasteiger partial charge >= 0.3 is 0 Å². The van der Waals surface area contributed by atoms with Crippen molar-refractivity contribution in [2.45, 2.75) is 18.9 Å². The molecule has 25 heavy (non-hydrogen) atoms. The average Bonchev–Trinajstić information content (AvgIpc) is 3.32. The Morgan fingerprint density at radius 1 is 1.12 bits per heavy atom. The Hall–Kier alpha value is -1.95. The van der Waals surface area contributed by atoms with Gasteiger partial charge in [-0.3, -0.25) is 4.79 Å². The fourth-order valence-electron chi connectivity index (χ4n) is 3.14. The van der Waals surface area contributed by atoms with E-state index in [-0.39, 0.29) is 5.91 Å². The lowest BCUT2D eigenvalue weighted by molar-refractivity contribution is 0.0474. The van der Waals surface area contributed by atoms with Gasteiger partial charge in [-0.15, -0.1) is 22.3 Å². The van der Waals surface area contributed by atoms with Gasteiger partial charge in [0.25, 0.3) is 5.91 Å². The predicted octanol–water partition coefficient (Wildman–Crippen LogP) is 3.64. The number of β-amino-alcohol motifs (C(OH)–C–C–N with tert-alkyl or cyclic N) is 1. The SMILES string of the molecule is O=C(c1ccc(-c2ccc(C3=S=CC=C3)s2)cc1)N1CCC[C@@H](O)C1. The number of hydrogen-bond acceptors (Lipinski definition) is 3. The molecule has 1 atom stereocenters. The molecule has 0 radical (unpaired) electrons. The Bertz CT molecular complexity index is 889. The number of nitrogens with zero attached hydrogens (tertiary/aromatic N) is 1. The molecule has 1 saturated heterocycles. The molecular formula is C20H19NO2S2. The smallest absolute Gasteiger partial charge is 0.253 e. The standard InChI is InChI=1S/C20H19NO2S2/c22-16-3-1-11-21(13-16)20(23)15-7-5-14(6-8-15)17-9-10-19(25-17)18-4-2-12-24-18/h2,4-10,12,16,22H,1,3,11,13H2/t16-/m1/s1. The third kappa shape index (κ3) is 3.54. The van der Waals surface area contributed by atoms with E-state index in [1.807, 2.05) is 24.3 Å². The van der Waals surface area contributed by atoms with Crippen LogP contribution in [0.4, 0.5) is 0 Å². The van der Waals surface area contributed by atoms with Crippen LogP contribution in [0, 0.1) is 0 Å². The van der Waals surface area contributed by atoms with E-state index in [4.69, 9.17) is 0 Å². The second kappa shape index (κ2) is 7.12. The van der Waals surface area contributed by atoms with Crippen LogP contribution < -0.4 is 0 Å². The molecule has 1 aromatic heterocycles. The predicted molar refractivity (Wildman–Crippen MR) is 108 cm³/mol. The van der Waals surface area contributed by atoms with Crippen LogP contribution in [-0.2, 0) is 0 Å². The summed E-state index contributed by atoms with van der Waals surface area (Å²) in [5.41, 5.74) is 1.82. The number of allylic oxidation sites excluding steroid dienone is 2. The third-order valence-corrected chi connectivity index (χ3v) is 6.67. The van der Waals surface area contributed by atoms with Crippen molar-refractivity contribution in [1.82, 2.24) is 4.90 Å². The summed E-state index contributed by atoms with van der Waals surface area (Å²) in [6.45, 7) is 1.17. The van der Waals surface area contributed by atoms with Crippen LogP contribution in [-0.4, -0.2) is 45.3 Å². The molecule has 4 rings (SSSR count). The van der Waals surface area contributed by atoms with E-state index in [1.54, 1.807) is 27.2 Å². The highest BCUT2D eigenvalue weighted by molar-refractivity contribution is 7.98. The molecule has 0 unspecified atom stereocenters. The van der Waals surface area contributed by atoms with Gasteiger partial charge < -0.3 is 10.0 Å². The van der Waals surface area contributed by atoms with Crippen LogP contribution >= 0.6 is 22.3 Å². The van der Waals surface area contributed by atoms with E-state index in [0.717, 1.165) is 24.9 Å². The summed E-state index contributed by atoms with van der Waals surface area (Å²) < 4.78 is 0. The average molecular weight is 370 g/mol. The normalized spacial score (nSPS) is 19.6. The van der Waals surface area contributed by atoms with E-state index in [1.165, 1.54) is 14.6 Å². The summed E-state index contributed by atoms with van der Waals surface area (Å²) in [5.74, 6) is 0.00996. The first-order chi connectivity index (χ1) is 12.2. The fraction of sp³-hybridized carbons (Fsp3) is 0.250. The molecule has 1 N–H and O–H groups in total. The Kier molecular flexibility index (Phi) is 4.70. The van der Waals surface area contributed by atoms with E-state index in [2.05, 4.69) is 29.7 Å². The molecule has 2 aromatic rings. The minimum atomic E-state index is -0.390. The molecular weight excluding hydrogens is 350 g/mol. The lowest BCUT2D eigenvalue weighted by Crippen LogP contribution is -2.42. The van der Waals surface area contributed by atoms with Gasteiger partial charge in [-0.25, -0.2) is 0 Å². The highest BCUT2D eigenvalue weighted by Crippen LogP contribution is 2.30. The van der Waals surface area contributed by atoms with E-state index in [9.17, 15) is 9.90 Å². The molecule has 1 fully saturated rings. The van der Waals surface area contributed by atoms with E-state index < -0.39 is 6.10 Å². The highest BCUT2D eigenvalue weighted by atomic mass is 32.1. The van der Waals surface area contributed by atoms with Crippen LogP contribution in [0.15, 0.2) is 48.6 Å². The number of aliphatic hydroxyl groups excluding tert-OH is 1. The lowest BCUT2D eigenvalue weighted by Gasteiger charge is -2.30. The van der Waals surface area contributed by atoms with E-state index in [0.29, 0.717) is 12.1 Å². The highest BCUT2D eigenvalue weighted by Gasteiger charge is 2.23. The third-order valence-electron chi connectivity index (χ3n) is 4.47. The number of hydrogen-bond donors (Lipinski definition) is 1. The topological polar surface area (TPSA) is 40.5 Å². The van der Waals surface area contributed by atoms with Crippen molar-refractivity contribution < 1.29 is 9.90 Å². The molecule has 3 heterocycles. The number of amides is 1. The van der Waals surface area contributed by atoms with Crippen molar-refractivity contribution in [3.63, 3.8) is 0 Å². The number of piperidine rings is 1. The molecule has 2 aliphatic heterocycles. The summed E-state index contributed by atoms with van der Waals surface area (Å²) in [7, 11) is 1.75.